The van der Waals surface area contributed by atoms with E-state index >= 15 is 0 Å². The zero-order chi connectivity index (χ0) is 8.27. The summed E-state index contributed by atoms with van der Waals surface area (Å²) in [7, 11) is 0. The van der Waals surface area contributed by atoms with Crippen molar-refractivity contribution in [2.45, 2.75) is 6.42 Å². The van der Waals surface area contributed by atoms with Crippen LogP contribution in [-0.2, 0) is 4.79 Å². The summed E-state index contributed by atoms with van der Waals surface area (Å²) in [6.07, 6.45) is 5.64. The van der Waals surface area contributed by atoms with Crippen LogP contribution in [0.5, 0.6) is 0 Å². The van der Waals surface area contributed by atoms with Crippen molar-refractivity contribution in [2.24, 2.45) is 5.92 Å². The molecule has 1 atom stereocenters. The number of halogens is 1. The first kappa shape index (κ1) is 8.42. The minimum absolute atomic E-state index is 0.133. The molecule has 0 spiro atoms. The Morgan fingerprint density at radius 3 is 3.00 bits per heavy atom. The minimum Gasteiger partial charge on any atom is -0.331 e. The molecule has 0 saturated carbocycles. The van der Waals surface area contributed by atoms with E-state index in [1.54, 1.807) is 4.90 Å². The predicted octanol–water partition coefficient (Wildman–Crippen LogP) is 0.707. The van der Waals surface area contributed by atoms with Crippen LogP contribution in [0.2, 0.25) is 0 Å². The minimum atomic E-state index is 0.133. The number of rotatable bonds is 2. The Hall–Kier alpha value is -0.680. The molecule has 0 radical (unpaired) electrons. The van der Waals surface area contributed by atoms with Crippen LogP contribution < -0.4 is 0 Å². The lowest BCUT2D eigenvalue weighted by molar-refractivity contribution is -0.127. The molecule has 11 heavy (non-hydrogen) atoms. The molecule has 0 aromatic heterocycles. The topological polar surface area (TPSA) is 20.3 Å². The van der Waals surface area contributed by atoms with Crippen molar-refractivity contribution in [1.29, 1.82) is 0 Å². The van der Waals surface area contributed by atoms with E-state index < -0.39 is 0 Å². The Bertz CT molecular complexity index is 197. The Balaban J connectivity index is 2.46. The molecule has 60 valence electrons. The summed E-state index contributed by atoms with van der Waals surface area (Å²) in [5, 5.41) is 0. The molecule has 1 unspecified atom stereocenters. The third-order valence-electron chi connectivity index (χ3n) is 1.79. The number of likely N-dealkylation sites (tertiary alicyclic amines) is 1. The normalized spacial score (nSPS) is 23.8. The smallest absolute Gasteiger partial charge is 0.223 e. The third-order valence-corrected chi connectivity index (χ3v) is 2.23. The van der Waals surface area contributed by atoms with Crippen molar-refractivity contribution in [1.82, 2.24) is 4.90 Å². The monoisotopic (exact) mass is 171 g/mol. The largest absolute Gasteiger partial charge is 0.331 e. The number of hydrogen-bond acceptors (Lipinski definition) is 1. The molecule has 0 bridgehead atoms. The van der Waals surface area contributed by atoms with Gasteiger partial charge >= 0.3 is 0 Å². The zero-order valence-corrected chi connectivity index (χ0v) is 6.97. The Morgan fingerprint density at radius 1 is 1.82 bits per heavy atom. The number of carbonyl (C=O) groups excluding carboxylic acids is 1. The predicted molar refractivity (Wildman–Crippen MR) is 44.2 cm³/mol. The molecular weight excluding hydrogens is 162 g/mol. The molecule has 3 heteroatoms. The van der Waals surface area contributed by atoms with E-state index in [2.05, 4.69) is 5.92 Å². The molecule has 1 heterocycles. The van der Waals surface area contributed by atoms with Gasteiger partial charge in [0.2, 0.25) is 5.91 Å². The molecule has 2 nitrogen and oxygen atoms in total. The second kappa shape index (κ2) is 3.64. The number of alkyl halides is 1. The van der Waals surface area contributed by atoms with Gasteiger partial charge in [-0.15, -0.1) is 18.0 Å². The molecule has 1 rings (SSSR count). The second-order valence-electron chi connectivity index (χ2n) is 2.70. The lowest BCUT2D eigenvalue weighted by atomic mass is 10.2. The number of nitrogens with zero attached hydrogens (tertiary/aromatic N) is 1. The highest BCUT2D eigenvalue weighted by Gasteiger charge is 2.27. The maximum absolute atomic E-state index is 11.1. The SMILES string of the molecule is C#CCN1CC(CCl)CC1=O. The number of carbonyl (C=O) groups is 1. The molecule has 1 amide bonds. The van der Waals surface area contributed by atoms with Gasteiger partial charge in [-0.2, -0.15) is 0 Å². The van der Waals surface area contributed by atoms with Crippen LogP contribution >= 0.6 is 11.6 Å². The highest BCUT2D eigenvalue weighted by molar-refractivity contribution is 6.18. The van der Waals surface area contributed by atoms with Crippen LogP contribution in [0.1, 0.15) is 6.42 Å². The van der Waals surface area contributed by atoms with Crippen LogP contribution in [0.15, 0.2) is 0 Å². The van der Waals surface area contributed by atoms with E-state index in [1.807, 2.05) is 0 Å². The summed E-state index contributed by atoms with van der Waals surface area (Å²) in [5.41, 5.74) is 0. The van der Waals surface area contributed by atoms with Crippen molar-refractivity contribution in [3.63, 3.8) is 0 Å². The Kier molecular flexibility index (Phi) is 2.78. The fourth-order valence-corrected chi connectivity index (χ4v) is 1.43. The Labute approximate surface area is 71.5 Å². The first-order valence-electron chi connectivity index (χ1n) is 3.55. The van der Waals surface area contributed by atoms with Crippen molar-refractivity contribution in [3.8, 4) is 12.3 Å². The van der Waals surface area contributed by atoms with E-state index in [0.29, 0.717) is 24.8 Å². The van der Waals surface area contributed by atoms with Gasteiger partial charge in [-0.3, -0.25) is 4.79 Å². The highest BCUT2D eigenvalue weighted by Crippen LogP contribution is 2.17. The van der Waals surface area contributed by atoms with Crippen molar-refractivity contribution in [2.75, 3.05) is 19.0 Å². The first-order valence-corrected chi connectivity index (χ1v) is 4.08. The molecule has 0 aromatic carbocycles. The first-order chi connectivity index (χ1) is 5.27. The highest BCUT2D eigenvalue weighted by atomic mass is 35.5. The average molecular weight is 172 g/mol. The van der Waals surface area contributed by atoms with Crippen LogP contribution in [0.25, 0.3) is 0 Å². The molecule has 0 N–H and O–H groups in total. The van der Waals surface area contributed by atoms with Crippen LogP contribution in [0, 0.1) is 18.3 Å². The van der Waals surface area contributed by atoms with Gasteiger partial charge in [0.1, 0.15) is 0 Å². The average Bonchev–Trinajstić information content (AvgIpc) is 2.33. The lowest BCUT2D eigenvalue weighted by Crippen LogP contribution is -2.25. The standard InChI is InChI=1S/C8H10ClNO/c1-2-3-10-6-7(5-9)4-8(10)11/h1,7H,3-6H2. The summed E-state index contributed by atoms with van der Waals surface area (Å²) >= 11 is 5.61. The Morgan fingerprint density at radius 2 is 2.55 bits per heavy atom. The van der Waals surface area contributed by atoms with Gasteiger partial charge in [0.15, 0.2) is 0 Å². The summed E-state index contributed by atoms with van der Waals surface area (Å²) in [4.78, 5) is 12.8. The quantitative estimate of drug-likeness (QED) is 0.443. The zero-order valence-electron chi connectivity index (χ0n) is 6.22. The number of terminal acetylenes is 1. The fourth-order valence-electron chi connectivity index (χ4n) is 1.22. The summed E-state index contributed by atoms with van der Waals surface area (Å²) < 4.78 is 0. The molecular formula is C8H10ClNO. The van der Waals surface area contributed by atoms with E-state index in [4.69, 9.17) is 18.0 Å². The molecule has 1 aliphatic heterocycles. The maximum Gasteiger partial charge on any atom is 0.223 e. The number of hydrogen-bond donors (Lipinski definition) is 0. The van der Waals surface area contributed by atoms with Gasteiger partial charge < -0.3 is 4.90 Å². The molecule has 1 aliphatic rings. The summed E-state index contributed by atoms with van der Waals surface area (Å²) in [6, 6.07) is 0. The third kappa shape index (κ3) is 1.87. The van der Waals surface area contributed by atoms with Crippen molar-refractivity contribution in [3.05, 3.63) is 0 Å². The van der Waals surface area contributed by atoms with E-state index in [9.17, 15) is 4.79 Å². The molecule has 1 saturated heterocycles. The van der Waals surface area contributed by atoms with Gasteiger partial charge in [-0.1, -0.05) is 5.92 Å². The van der Waals surface area contributed by atoms with Gasteiger partial charge in [-0.05, 0) is 5.92 Å². The lowest BCUT2D eigenvalue weighted by Gasteiger charge is -2.11. The van der Waals surface area contributed by atoms with E-state index in [-0.39, 0.29) is 5.91 Å². The van der Waals surface area contributed by atoms with Gasteiger partial charge in [0.25, 0.3) is 0 Å². The summed E-state index contributed by atoms with van der Waals surface area (Å²) in [6.45, 7) is 1.15. The van der Waals surface area contributed by atoms with Gasteiger partial charge in [0, 0.05) is 18.8 Å². The summed E-state index contributed by atoms with van der Waals surface area (Å²) in [5.74, 6) is 3.43. The van der Waals surface area contributed by atoms with Crippen molar-refractivity contribution < 1.29 is 4.79 Å². The van der Waals surface area contributed by atoms with Crippen LogP contribution in [0.4, 0.5) is 0 Å². The molecule has 0 aromatic rings. The second-order valence-corrected chi connectivity index (χ2v) is 3.01. The van der Waals surface area contributed by atoms with Gasteiger partial charge in [0.05, 0.1) is 6.54 Å². The van der Waals surface area contributed by atoms with E-state index in [0.717, 1.165) is 6.54 Å². The fraction of sp³-hybridized carbons (Fsp3) is 0.625. The van der Waals surface area contributed by atoms with Crippen LogP contribution in [0.3, 0.4) is 0 Å². The number of amides is 1. The molecule has 0 aliphatic carbocycles. The molecule has 1 fully saturated rings. The van der Waals surface area contributed by atoms with Crippen molar-refractivity contribution >= 4 is 17.5 Å². The van der Waals surface area contributed by atoms with Gasteiger partial charge in [-0.25, -0.2) is 0 Å². The van der Waals surface area contributed by atoms with E-state index in [1.165, 1.54) is 0 Å². The maximum atomic E-state index is 11.1. The van der Waals surface area contributed by atoms with Crippen LogP contribution in [-0.4, -0.2) is 29.8 Å².